The van der Waals surface area contributed by atoms with Crippen LogP contribution in [0.25, 0.3) is 0 Å². The molecule has 0 saturated carbocycles. The van der Waals surface area contributed by atoms with Gasteiger partial charge in [0.25, 0.3) is 0 Å². The van der Waals surface area contributed by atoms with E-state index in [1.807, 2.05) is 0 Å². The van der Waals surface area contributed by atoms with Crippen molar-refractivity contribution in [2.45, 2.75) is 32.6 Å². The van der Waals surface area contributed by atoms with Crippen LogP contribution in [0.15, 0.2) is 4.99 Å². The SMILES string of the molecule is C[C@H]1CCCN(CCNC2=NCCCCN2)C1. The lowest BCUT2D eigenvalue weighted by Gasteiger charge is -2.30. The van der Waals surface area contributed by atoms with Gasteiger partial charge in [0, 0.05) is 32.7 Å². The Bertz CT molecular complexity index is 252. The first kappa shape index (κ1) is 12.7. The molecule has 0 amide bonds. The van der Waals surface area contributed by atoms with Gasteiger partial charge < -0.3 is 15.5 Å². The lowest BCUT2D eigenvalue weighted by molar-refractivity contribution is 0.187. The maximum absolute atomic E-state index is 4.50. The quantitative estimate of drug-likeness (QED) is 0.772. The molecule has 98 valence electrons. The molecule has 2 aliphatic rings. The number of piperidine rings is 1. The van der Waals surface area contributed by atoms with Crippen LogP contribution in [0.1, 0.15) is 32.6 Å². The van der Waals surface area contributed by atoms with Crippen molar-refractivity contribution in [2.24, 2.45) is 10.9 Å². The van der Waals surface area contributed by atoms with Crippen LogP contribution >= 0.6 is 0 Å². The molecule has 0 aromatic rings. The first-order valence-electron chi connectivity index (χ1n) is 7.09. The highest BCUT2D eigenvalue weighted by Gasteiger charge is 2.15. The zero-order chi connectivity index (χ0) is 11.9. The van der Waals surface area contributed by atoms with Crippen molar-refractivity contribution in [3.8, 4) is 0 Å². The van der Waals surface area contributed by atoms with Crippen molar-refractivity contribution in [3.63, 3.8) is 0 Å². The third-order valence-corrected chi connectivity index (χ3v) is 3.61. The molecule has 17 heavy (non-hydrogen) atoms. The van der Waals surface area contributed by atoms with Crippen LogP contribution in [0.3, 0.4) is 0 Å². The van der Waals surface area contributed by atoms with Gasteiger partial charge in [-0.1, -0.05) is 6.92 Å². The van der Waals surface area contributed by atoms with Crippen molar-refractivity contribution in [1.82, 2.24) is 15.5 Å². The molecule has 0 radical (unpaired) electrons. The molecule has 0 aromatic heterocycles. The van der Waals surface area contributed by atoms with Gasteiger partial charge in [0.2, 0.25) is 0 Å². The lowest BCUT2D eigenvalue weighted by atomic mass is 10.0. The normalized spacial score (nSPS) is 26.9. The van der Waals surface area contributed by atoms with Gasteiger partial charge in [0.05, 0.1) is 0 Å². The number of hydrogen-bond acceptors (Lipinski definition) is 4. The largest absolute Gasteiger partial charge is 0.356 e. The Morgan fingerprint density at radius 3 is 3.24 bits per heavy atom. The Morgan fingerprint density at radius 2 is 2.35 bits per heavy atom. The van der Waals surface area contributed by atoms with Crippen LogP contribution in [0.2, 0.25) is 0 Å². The molecule has 0 spiro atoms. The van der Waals surface area contributed by atoms with Gasteiger partial charge in [-0.2, -0.15) is 0 Å². The fourth-order valence-corrected chi connectivity index (χ4v) is 2.63. The molecule has 0 aliphatic carbocycles. The fourth-order valence-electron chi connectivity index (χ4n) is 2.63. The molecule has 2 aliphatic heterocycles. The van der Waals surface area contributed by atoms with Crippen molar-refractivity contribution in [2.75, 3.05) is 39.3 Å². The van der Waals surface area contributed by atoms with Gasteiger partial charge in [0.15, 0.2) is 5.96 Å². The van der Waals surface area contributed by atoms with E-state index in [9.17, 15) is 0 Å². The number of hydrogen-bond donors (Lipinski definition) is 2. The first-order valence-corrected chi connectivity index (χ1v) is 7.09. The highest BCUT2D eigenvalue weighted by Crippen LogP contribution is 2.14. The third kappa shape index (κ3) is 4.54. The van der Waals surface area contributed by atoms with Crippen LogP contribution in [-0.4, -0.2) is 50.1 Å². The molecule has 4 heteroatoms. The van der Waals surface area contributed by atoms with Crippen LogP contribution in [-0.2, 0) is 0 Å². The fraction of sp³-hybridized carbons (Fsp3) is 0.923. The van der Waals surface area contributed by atoms with Crippen molar-refractivity contribution >= 4 is 5.96 Å². The summed E-state index contributed by atoms with van der Waals surface area (Å²) in [5.41, 5.74) is 0. The van der Waals surface area contributed by atoms with Crippen molar-refractivity contribution < 1.29 is 0 Å². The summed E-state index contributed by atoms with van der Waals surface area (Å²) in [6.07, 6.45) is 5.21. The van der Waals surface area contributed by atoms with Crippen LogP contribution in [0, 0.1) is 5.92 Å². The summed E-state index contributed by atoms with van der Waals surface area (Å²) in [6.45, 7) is 9.08. The summed E-state index contributed by atoms with van der Waals surface area (Å²) >= 11 is 0. The average Bonchev–Trinajstić information content (AvgIpc) is 2.58. The predicted octanol–water partition coefficient (Wildman–Crippen LogP) is 1.05. The number of nitrogens with one attached hydrogen (secondary N) is 2. The van der Waals surface area contributed by atoms with E-state index in [4.69, 9.17) is 0 Å². The highest BCUT2D eigenvalue weighted by atomic mass is 15.2. The van der Waals surface area contributed by atoms with Gasteiger partial charge in [0.1, 0.15) is 0 Å². The van der Waals surface area contributed by atoms with E-state index in [1.165, 1.54) is 38.8 Å². The standard InChI is InChI=1S/C13H26N4/c1-12-5-4-9-17(11-12)10-8-16-13-14-6-2-3-7-15-13/h12H,2-11H2,1H3,(H2,14,15,16)/t12-/m0/s1. The second kappa shape index (κ2) is 6.84. The minimum absolute atomic E-state index is 0.872. The molecular formula is C13H26N4. The van der Waals surface area contributed by atoms with Crippen molar-refractivity contribution in [3.05, 3.63) is 0 Å². The molecular weight excluding hydrogens is 212 g/mol. The molecule has 2 rings (SSSR count). The first-order chi connectivity index (χ1) is 8.34. The third-order valence-electron chi connectivity index (χ3n) is 3.61. The number of rotatable bonds is 3. The van der Waals surface area contributed by atoms with Crippen LogP contribution < -0.4 is 10.6 Å². The summed E-state index contributed by atoms with van der Waals surface area (Å²) in [7, 11) is 0. The summed E-state index contributed by atoms with van der Waals surface area (Å²) in [5.74, 6) is 1.88. The number of guanidine groups is 1. The summed E-state index contributed by atoms with van der Waals surface area (Å²) in [4.78, 5) is 7.06. The molecule has 0 unspecified atom stereocenters. The zero-order valence-electron chi connectivity index (χ0n) is 11.0. The highest BCUT2D eigenvalue weighted by molar-refractivity contribution is 5.79. The minimum atomic E-state index is 0.872. The molecule has 0 aromatic carbocycles. The van der Waals surface area contributed by atoms with E-state index in [2.05, 4.69) is 27.4 Å². The van der Waals surface area contributed by atoms with E-state index >= 15 is 0 Å². The Hall–Kier alpha value is -0.770. The second-order valence-electron chi connectivity index (χ2n) is 5.34. The Kier molecular flexibility index (Phi) is 5.10. The van der Waals surface area contributed by atoms with Gasteiger partial charge in [-0.3, -0.25) is 4.99 Å². The molecule has 1 saturated heterocycles. The maximum Gasteiger partial charge on any atom is 0.191 e. The van der Waals surface area contributed by atoms with Crippen LogP contribution in [0.5, 0.6) is 0 Å². The van der Waals surface area contributed by atoms with Gasteiger partial charge in [-0.25, -0.2) is 0 Å². The number of nitrogens with zero attached hydrogens (tertiary/aromatic N) is 2. The molecule has 2 N–H and O–H groups in total. The molecule has 0 bridgehead atoms. The Labute approximate surface area is 105 Å². The predicted molar refractivity (Wildman–Crippen MR) is 72.4 cm³/mol. The molecule has 2 heterocycles. The summed E-state index contributed by atoms with van der Waals surface area (Å²) in [5, 5.41) is 6.77. The van der Waals surface area contributed by atoms with E-state index in [0.29, 0.717) is 0 Å². The minimum Gasteiger partial charge on any atom is -0.356 e. The average molecular weight is 238 g/mol. The van der Waals surface area contributed by atoms with E-state index in [1.54, 1.807) is 0 Å². The molecule has 4 nitrogen and oxygen atoms in total. The smallest absolute Gasteiger partial charge is 0.191 e. The molecule has 1 fully saturated rings. The summed E-state index contributed by atoms with van der Waals surface area (Å²) in [6, 6.07) is 0. The lowest BCUT2D eigenvalue weighted by Crippen LogP contribution is -2.43. The zero-order valence-corrected chi connectivity index (χ0v) is 11.0. The van der Waals surface area contributed by atoms with E-state index in [0.717, 1.165) is 38.1 Å². The van der Waals surface area contributed by atoms with Crippen molar-refractivity contribution in [1.29, 1.82) is 0 Å². The van der Waals surface area contributed by atoms with Crippen LogP contribution in [0.4, 0.5) is 0 Å². The van der Waals surface area contributed by atoms with Gasteiger partial charge >= 0.3 is 0 Å². The van der Waals surface area contributed by atoms with Gasteiger partial charge in [-0.05, 0) is 38.1 Å². The topological polar surface area (TPSA) is 39.7 Å². The second-order valence-corrected chi connectivity index (χ2v) is 5.34. The Balaban J connectivity index is 1.63. The number of likely N-dealkylation sites (tertiary alicyclic amines) is 1. The maximum atomic E-state index is 4.50. The Morgan fingerprint density at radius 1 is 1.41 bits per heavy atom. The summed E-state index contributed by atoms with van der Waals surface area (Å²) < 4.78 is 0. The number of aliphatic imine (C=N–C) groups is 1. The monoisotopic (exact) mass is 238 g/mol. The van der Waals surface area contributed by atoms with E-state index < -0.39 is 0 Å². The molecule has 1 atom stereocenters. The van der Waals surface area contributed by atoms with E-state index in [-0.39, 0.29) is 0 Å². The van der Waals surface area contributed by atoms with Gasteiger partial charge in [-0.15, -0.1) is 0 Å².